The van der Waals surface area contributed by atoms with Gasteiger partial charge in [0.25, 0.3) is 5.69 Å². The molecule has 0 fully saturated rings. The van der Waals surface area contributed by atoms with Gasteiger partial charge in [-0.3, -0.25) is 15.1 Å². The Balaban J connectivity index is 1.95. The van der Waals surface area contributed by atoms with Gasteiger partial charge in [-0.25, -0.2) is 0 Å². The van der Waals surface area contributed by atoms with E-state index in [1.165, 1.54) is 0 Å². The zero-order valence-electron chi connectivity index (χ0n) is 12.2. The first-order chi connectivity index (χ1) is 11.2. The summed E-state index contributed by atoms with van der Waals surface area (Å²) in [5.41, 5.74) is 2.27. The van der Waals surface area contributed by atoms with Crippen molar-refractivity contribution in [3.63, 3.8) is 0 Å². The van der Waals surface area contributed by atoms with Gasteiger partial charge in [-0.1, -0.05) is 24.1 Å². The molecule has 0 atom stereocenters. The predicted octanol–water partition coefficient (Wildman–Crippen LogP) is 3.74. The summed E-state index contributed by atoms with van der Waals surface area (Å²) in [6.45, 7) is 0.451. The molecule has 0 aliphatic rings. The lowest BCUT2D eigenvalue weighted by molar-refractivity contribution is -0.382. The van der Waals surface area contributed by atoms with Crippen molar-refractivity contribution in [1.82, 2.24) is 4.98 Å². The van der Waals surface area contributed by atoms with Crippen molar-refractivity contribution in [2.75, 3.05) is 5.32 Å². The molecule has 0 saturated carbocycles. The number of nitro groups is 1. The van der Waals surface area contributed by atoms with Crippen LogP contribution >= 0.6 is 0 Å². The first kappa shape index (κ1) is 14.5. The molecule has 0 aliphatic heterocycles. The summed E-state index contributed by atoms with van der Waals surface area (Å²) < 4.78 is 0. The molecule has 5 nitrogen and oxygen atoms in total. The number of aromatic nitrogens is 1. The van der Waals surface area contributed by atoms with Crippen LogP contribution in [0.25, 0.3) is 10.8 Å². The zero-order valence-corrected chi connectivity index (χ0v) is 12.2. The normalized spacial score (nSPS) is 10.2. The van der Waals surface area contributed by atoms with E-state index in [9.17, 15) is 10.1 Å². The quantitative estimate of drug-likeness (QED) is 0.453. The van der Waals surface area contributed by atoms with Crippen molar-refractivity contribution in [1.29, 1.82) is 0 Å². The standard InChI is InChI=1S/C18H13N3O2/c1-2-13-4-3-5-14(10-13)11-20-17-7-6-15-12-19-9-8-16(15)18(17)21(22)23/h1,3-10,12,20H,11H2. The van der Waals surface area contributed by atoms with E-state index < -0.39 is 0 Å². The lowest BCUT2D eigenvalue weighted by Gasteiger charge is -2.09. The second kappa shape index (κ2) is 6.16. The minimum Gasteiger partial charge on any atom is -0.375 e. The van der Waals surface area contributed by atoms with Crippen molar-refractivity contribution in [3.05, 3.63) is 76.1 Å². The van der Waals surface area contributed by atoms with Gasteiger partial charge in [0, 0.05) is 29.9 Å². The average Bonchev–Trinajstić information content (AvgIpc) is 2.59. The molecule has 112 valence electrons. The van der Waals surface area contributed by atoms with Crippen molar-refractivity contribution in [3.8, 4) is 12.3 Å². The number of rotatable bonds is 4. The van der Waals surface area contributed by atoms with Gasteiger partial charge in [-0.15, -0.1) is 6.42 Å². The third kappa shape index (κ3) is 2.97. The van der Waals surface area contributed by atoms with Crippen LogP contribution in [-0.4, -0.2) is 9.91 Å². The number of nitrogens with one attached hydrogen (secondary N) is 1. The first-order valence-electron chi connectivity index (χ1n) is 6.99. The fourth-order valence-electron chi connectivity index (χ4n) is 2.46. The molecule has 5 heteroatoms. The molecule has 0 unspecified atom stereocenters. The topological polar surface area (TPSA) is 68.1 Å². The lowest BCUT2D eigenvalue weighted by atomic mass is 10.1. The zero-order chi connectivity index (χ0) is 16.2. The summed E-state index contributed by atoms with van der Waals surface area (Å²) in [6, 6.07) is 12.7. The fourth-order valence-corrected chi connectivity index (χ4v) is 2.46. The van der Waals surface area contributed by atoms with Crippen LogP contribution in [0.4, 0.5) is 11.4 Å². The Labute approximate surface area is 133 Å². The smallest absolute Gasteiger partial charge is 0.300 e. The molecule has 0 bridgehead atoms. The van der Waals surface area contributed by atoms with E-state index in [0.717, 1.165) is 16.5 Å². The molecule has 1 N–H and O–H groups in total. The molecule has 1 aromatic heterocycles. The summed E-state index contributed by atoms with van der Waals surface area (Å²) >= 11 is 0. The number of nitro benzene ring substituents is 1. The molecular weight excluding hydrogens is 290 g/mol. The monoisotopic (exact) mass is 303 g/mol. The summed E-state index contributed by atoms with van der Waals surface area (Å²) in [5.74, 6) is 2.58. The molecule has 23 heavy (non-hydrogen) atoms. The molecular formula is C18H13N3O2. The van der Waals surface area contributed by atoms with E-state index in [0.29, 0.717) is 17.6 Å². The van der Waals surface area contributed by atoms with Crippen LogP contribution in [0.15, 0.2) is 54.9 Å². The Morgan fingerprint density at radius 3 is 2.91 bits per heavy atom. The number of anilines is 1. The Morgan fingerprint density at radius 2 is 2.13 bits per heavy atom. The molecule has 0 saturated heterocycles. The third-order valence-electron chi connectivity index (χ3n) is 3.55. The summed E-state index contributed by atoms with van der Waals surface area (Å²) in [6.07, 6.45) is 8.55. The van der Waals surface area contributed by atoms with E-state index in [4.69, 9.17) is 6.42 Å². The largest absolute Gasteiger partial charge is 0.375 e. The van der Waals surface area contributed by atoms with E-state index in [2.05, 4.69) is 16.2 Å². The van der Waals surface area contributed by atoms with Gasteiger partial charge in [-0.2, -0.15) is 0 Å². The van der Waals surface area contributed by atoms with E-state index in [-0.39, 0.29) is 10.6 Å². The highest BCUT2D eigenvalue weighted by atomic mass is 16.6. The summed E-state index contributed by atoms with van der Waals surface area (Å²) in [5, 5.41) is 15.9. The van der Waals surface area contributed by atoms with Crippen molar-refractivity contribution >= 4 is 22.1 Å². The number of fused-ring (bicyclic) bond motifs is 1. The Hall–Kier alpha value is -3.39. The summed E-state index contributed by atoms with van der Waals surface area (Å²) in [7, 11) is 0. The first-order valence-corrected chi connectivity index (χ1v) is 6.99. The van der Waals surface area contributed by atoms with Crippen molar-refractivity contribution in [2.24, 2.45) is 0 Å². The SMILES string of the molecule is C#Cc1cccc(CNc2ccc3cnccc3c2[N+](=O)[O-])c1. The molecule has 0 amide bonds. The number of terminal acetylenes is 1. The maximum absolute atomic E-state index is 11.5. The minimum atomic E-state index is -0.372. The second-order valence-electron chi connectivity index (χ2n) is 5.01. The highest BCUT2D eigenvalue weighted by molar-refractivity contribution is 5.95. The van der Waals surface area contributed by atoms with Crippen LogP contribution < -0.4 is 5.32 Å². The highest BCUT2D eigenvalue weighted by Gasteiger charge is 2.18. The number of nitrogens with zero attached hydrogens (tertiary/aromatic N) is 2. The average molecular weight is 303 g/mol. The summed E-state index contributed by atoms with van der Waals surface area (Å²) in [4.78, 5) is 15.1. The minimum absolute atomic E-state index is 0.0537. The van der Waals surface area contributed by atoms with Gasteiger partial charge in [0.2, 0.25) is 0 Å². The molecule has 0 spiro atoms. The fraction of sp³-hybridized carbons (Fsp3) is 0.0556. The van der Waals surface area contributed by atoms with Gasteiger partial charge in [-0.05, 0) is 29.8 Å². The maximum Gasteiger partial charge on any atom is 0.300 e. The van der Waals surface area contributed by atoms with Crippen LogP contribution in [0, 0.1) is 22.5 Å². The molecule has 1 heterocycles. The second-order valence-corrected chi connectivity index (χ2v) is 5.01. The maximum atomic E-state index is 11.5. The molecule has 3 aromatic rings. The van der Waals surface area contributed by atoms with Gasteiger partial charge in [0.05, 0.1) is 10.3 Å². The molecule has 2 aromatic carbocycles. The van der Waals surface area contributed by atoms with Crippen molar-refractivity contribution < 1.29 is 4.92 Å². The molecule has 0 radical (unpaired) electrons. The van der Waals surface area contributed by atoms with Crippen LogP contribution in [-0.2, 0) is 6.54 Å². The molecule has 0 aliphatic carbocycles. The predicted molar refractivity (Wildman–Crippen MR) is 90.1 cm³/mol. The number of benzene rings is 2. The van der Waals surface area contributed by atoms with E-state index in [1.807, 2.05) is 30.3 Å². The van der Waals surface area contributed by atoms with E-state index >= 15 is 0 Å². The Morgan fingerprint density at radius 1 is 1.26 bits per heavy atom. The van der Waals surface area contributed by atoms with Gasteiger partial charge in [0.1, 0.15) is 5.69 Å². The van der Waals surface area contributed by atoms with Crippen LogP contribution in [0.2, 0.25) is 0 Å². The Kier molecular flexibility index (Phi) is 3.89. The number of hydrogen-bond acceptors (Lipinski definition) is 4. The highest BCUT2D eigenvalue weighted by Crippen LogP contribution is 2.33. The van der Waals surface area contributed by atoms with Gasteiger partial charge < -0.3 is 5.32 Å². The van der Waals surface area contributed by atoms with E-state index in [1.54, 1.807) is 24.5 Å². The number of hydrogen-bond donors (Lipinski definition) is 1. The Bertz CT molecular complexity index is 929. The van der Waals surface area contributed by atoms with Crippen LogP contribution in [0.5, 0.6) is 0 Å². The van der Waals surface area contributed by atoms with Gasteiger partial charge in [0.15, 0.2) is 0 Å². The third-order valence-corrected chi connectivity index (χ3v) is 3.55. The molecule has 3 rings (SSSR count). The van der Waals surface area contributed by atoms with Crippen molar-refractivity contribution in [2.45, 2.75) is 6.54 Å². The number of pyridine rings is 1. The van der Waals surface area contributed by atoms with Crippen LogP contribution in [0.3, 0.4) is 0 Å². The van der Waals surface area contributed by atoms with Crippen LogP contribution in [0.1, 0.15) is 11.1 Å². The van der Waals surface area contributed by atoms with Gasteiger partial charge >= 0.3 is 0 Å². The lowest BCUT2D eigenvalue weighted by Crippen LogP contribution is -2.03.